The maximum absolute atomic E-state index is 4.15. The number of aromatic nitrogens is 2. The van der Waals surface area contributed by atoms with Crippen molar-refractivity contribution in [1.29, 1.82) is 0 Å². The highest BCUT2D eigenvalue weighted by atomic mass is 14.9. The van der Waals surface area contributed by atoms with Crippen LogP contribution < -0.4 is 0 Å². The number of H-pyrrole nitrogens is 1. The molecule has 2 aromatic rings. The van der Waals surface area contributed by atoms with Crippen molar-refractivity contribution < 1.29 is 0 Å². The van der Waals surface area contributed by atoms with Crippen molar-refractivity contribution in [1.82, 2.24) is 9.97 Å². The summed E-state index contributed by atoms with van der Waals surface area (Å²) in [6.07, 6.45) is 2.88. The summed E-state index contributed by atoms with van der Waals surface area (Å²) in [5.41, 5.74) is 3.33. The molecule has 1 aromatic heterocycles. The van der Waals surface area contributed by atoms with E-state index in [1.54, 1.807) is 0 Å². The summed E-state index contributed by atoms with van der Waals surface area (Å²) >= 11 is 0. The quantitative estimate of drug-likeness (QED) is 0.701. The van der Waals surface area contributed by atoms with Gasteiger partial charge in [0.2, 0.25) is 0 Å². The van der Waals surface area contributed by atoms with Gasteiger partial charge in [-0.25, -0.2) is 4.98 Å². The minimum atomic E-state index is 0.890. The van der Waals surface area contributed by atoms with Crippen molar-refractivity contribution in [2.24, 2.45) is 0 Å². The number of nitrogens with zero attached hydrogens (tertiary/aromatic N) is 1. The molecule has 0 saturated heterocycles. The lowest BCUT2D eigenvalue weighted by Crippen LogP contribution is -1.81. The standard InChI is InChI=1S/C11H11N2/c1-8-4-3-5-10(6-8)11-12-7-9(2)13-11/h3-6H,1-2H3,(H,12,13). The van der Waals surface area contributed by atoms with Crippen LogP contribution in [0.3, 0.4) is 0 Å². The SMILES string of the molecule is Cc1cccc(-c2n[c]c(C)[nH]2)c1. The van der Waals surface area contributed by atoms with Crippen LogP contribution in [0.1, 0.15) is 11.3 Å². The molecule has 1 aromatic carbocycles. The molecule has 1 radical (unpaired) electrons. The molecule has 0 spiro atoms. The Morgan fingerprint density at radius 3 is 2.77 bits per heavy atom. The van der Waals surface area contributed by atoms with Crippen LogP contribution in [0, 0.1) is 20.0 Å². The van der Waals surface area contributed by atoms with E-state index in [-0.39, 0.29) is 0 Å². The third-order valence-electron chi connectivity index (χ3n) is 1.93. The molecule has 2 rings (SSSR count). The highest BCUT2D eigenvalue weighted by molar-refractivity contribution is 5.55. The Labute approximate surface area is 77.6 Å². The van der Waals surface area contributed by atoms with Crippen molar-refractivity contribution in [3.8, 4) is 11.4 Å². The molecule has 1 N–H and O–H groups in total. The number of aromatic amines is 1. The molecular weight excluding hydrogens is 160 g/mol. The van der Waals surface area contributed by atoms with E-state index in [2.05, 4.69) is 35.2 Å². The summed E-state index contributed by atoms with van der Waals surface area (Å²) in [5.74, 6) is 0.890. The van der Waals surface area contributed by atoms with Crippen molar-refractivity contribution in [2.75, 3.05) is 0 Å². The van der Waals surface area contributed by atoms with E-state index in [0.717, 1.165) is 17.1 Å². The zero-order valence-corrected chi connectivity index (χ0v) is 7.76. The van der Waals surface area contributed by atoms with Crippen LogP contribution >= 0.6 is 0 Å². The Kier molecular flexibility index (Phi) is 1.89. The molecule has 0 fully saturated rings. The molecule has 0 aliphatic rings. The zero-order valence-electron chi connectivity index (χ0n) is 7.76. The van der Waals surface area contributed by atoms with Crippen molar-refractivity contribution >= 4 is 0 Å². The van der Waals surface area contributed by atoms with Crippen molar-refractivity contribution in [2.45, 2.75) is 13.8 Å². The minimum absolute atomic E-state index is 0.890. The fourth-order valence-electron chi connectivity index (χ4n) is 1.30. The molecule has 2 nitrogen and oxygen atoms in total. The number of rotatable bonds is 1. The Balaban J connectivity index is 2.46. The highest BCUT2D eigenvalue weighted by Crippen LogP contribution is 2.15. The monoisotopic (exact) mass is 171 g/mol. The third kappa shape index (κ3) is 1.61. The smallest absolute Gasteiger partial charge is 0.138 e. The number of aryl methyl sites for hydroxylation is 2. The van der Waals surface area contributed by atoms with Gasteiger partial charge in [-0.2, -0.15) is 0 Å². The summed E-state index contributed by atoms with van der Waals surface area (Å²) in [5, 5.41) is 0. The Bertz CT molecular complexity index is 416. The van der Waals surface area contributed by atoms with Gasteiger partial charge in [0.15, 0.2) is 0 Å². The maximum Gasteiger partial charge on any atom is 0.138 e. The average molecular weight is 171 g/mol. The summed E-state index contributed by atoms with van der Waals surface area (Å²) in [6, 6.07) is 8.25. The molecule has 0 aliphatic heterocycles. The molecule has 65 valence electrons. The molecule has 0 atom stereocenters. The average Bonchev–Trinajstić information content (AvgIpc) is 2.52. The largest absolute Gasteiger partial charge is 0.341 e. The van der Waals surface area contributed by atoms with Crippen LogP contribution in [0.2, 0.25) is 0 Å². The van der Waals surface area contributed by atoms with E-state index in [4.69, 9.17) is 0 Å². The Morgan fingerprint density at radius 2 is 2.15 bits per heavy atom. The molecule has 0 saturated carbocycles. The van der Waals surface area contributed by atoms with Crippen LogP contribution in [0.5, 0.6) is 0 Å². The number of nitrogens with one attached hydrogen (secondary N) is 1. The molecule has 0 aliphatic carbocycles. The first-order chi connectivity index (χ1) is 6.25. The van der Waals surface area contributed by atoms with E-state index in [1.807, 2.05) is 19.1 Å². The van der Waals surface area contributed by atoms with Gasteiger partial charge in [0.05, 0.1) is 0 Å². The molecule has 1 heterocycles. The molecule has 0 unspecified atom stereocenters. The second-order valence-corrected chi connectivity index (χ2v) is 3.19. The van der Waals surface area contributed by atoms with Crippen LogP contribution in [-0.2, 0) is 0 Å². The van der Waals surface area contributed by atoms with E-state index in [1.165, 1.54) is 5.56 Å². The molecule has 0 amide bonds. The summed E-state index contributed by atoms with van der Waals surface area (Å²) in [4.78, 5) is 7.30. The normalized spacial score (nSPS) is 10.3. The summed E-state index contributed by atoms with van der Waals surface area (Å²) in [7, 11) is 0. The van der Waals surface area contributed by atoms with Gasteiger partial charge in [0, 0.05) is 11.3 Å². The minimum Gasteiger partial charge on any atom is -0.341 e. The molecule has 2 heteroatoms. The second kappa shape index (κ2) is 3.05. The van der Waals surface area contributed by atoms with Crippen LogP contribution in [-0.4, -0.2) is 9.97 Å². The van der Waals surface area contributed by atoms with Gasteiger partial charge in [-0.1, -0.05) is 23.8 Å². The van der Waals surface area contributed by atoms with Gasteiger partial charge in [-0.05, 0) is 19.9 Å². The Morgan fingerprint density at radius 1 is 1.31 bits per heavy atom. The predicted octanol–water partition coefficient (Wildman–Crippen LogP) is 2.49. The first kappa shape index (κ1) is 8.05. The number of imidazole rings is 1. The van der Waals surface area contributed by atoms with Gasteiger partial charge < -0.3 is 4.98 Å². The van der Waals surface area contributed by atoms with E-state index in [9.17, 15) is 0 Å². The number of hydrogen-bond donors (Lipinski definition) is 1. The zero-order chi connectivity index (χ0) is 9.26. The Hall–Kier alpha value is -1.57. The van der Waals surface area contributed by atoms with Crippen LogP contribution in [0.4, 0.5) is 0 Å². The molecular formula is C11H11N2. The molecule has 0 bridgehead atoms. The van der Waals surface area contributed by atoms with Gasteiger partial charge in [-0.15, -0.1) is 0 Å². The van der Waals surface area contributed by atoms with Gasteiger partial charge in [0.1, 0.15) is 12.0 Å². The van der Waals surface area contributed by atoms with Gasteiger partial charge in [0.25, 0.3) is 0 Å². The van der Waals surface area contributed by atoms with Gasteiger partial charge in [-0.3, -0.25) is 0 Å². The first-order valence-electron chi connectivity index (χ1n) is 4.27. The molecule has 13 heavy (non-hydrogen) atoms. The number of benzene rings is 1. The van der Waals surface area contributed by atoms with Crippen LogP contribution in [0.15, 0.2) is 24.3 Å². The van der Waals surface area contributed by atoms with E-state index in [0.29, 0.717) is 0 Å². The lowest BCUT2D eigenvalue weighted by Gasteiger charge is -1.97. The fourth-order valence-corrected chi connectivity index (χ4v) is 1.30. The lowest BCUT2D eigenvalue weighted by molar-refractivity contribution is 1.25. The third-order valence-corrected chi connectivity index (χ3v) is 1.93. The lowest BCUT2D eigenvalue weighted by atomic mass is 10.1. The highest BCUT2D eigenvalue weighted by Gasteiger charge is 2.00. The van der Waals surface area contributed by atoms with Crippen molar-refractivity contribution in [3.05, 3.63) is 41.7 Å². The van der Waals surface area contributed by atoms with Gasteiger partial charge >= 0.3 is 0 Å². The second-order valence-electron chi connectivity index (χ2n) is 3.19. The maximum atomic E-state index is 4.15. The summed E-state index contributed by atoms with van der Waals surface area (Å²) < 4.78 is 0. The predicted molar refractivity (Wildman–Crippen MR) is 52.3 cm³/mol. The first-order valence-corrected chi connectivity index (χ1v) is 4.27. The van der Waals surface area contributed by atoms with Crippen molar-refractivity contribution in [3.63, 3.8) is 0 Å². The fraction of sp³-hybridized carbons (Fsp3) is 0.182. The van der Waals surface area contributed by atoms with E-state index < -0.39 is 0 Å². The summed E-state index contributed by atoms with van der Waals surface area (Å²) in [6.45, 7) is 4.02. The van der Waals surface area contributed by atoms with E-state index >= 15 is 0 Å². The number of hydrogen-bond acceptors (Lipinski definition) is 1. The topological polar surface area (TPSA) is 28.7 Å². The van der Waals surface area contributed by atoms with Crippen LogP contribution in [0.25, 0.3) is 11.4 Å².